The normalized spacial score (nSPS) is 15.2. The fourth-order valence-corrected chi connectivity index (χ4v) is 2.14. The van der Waals surface area contributed by atoms with Crippen molar-refractivity contribution in [3.63, 3.8) is 0 Å². The quantitative estimate of drug-likeness (QED) is 0.844. The summed E-state index contributed by atoms with van der Waals surface area (Å²) in [5, 5.41) is 2.82. The Balaban J connectivity index is 0.00000200. The summed E-state index contributed by atoms with van der Waals surface area (Å²) in [5.41, 5.74) is 8.02. The number of nitrogens with two attached hydrogens (primary N) is 1. The van der Waals surface area contributed by atoms with Crippen molar-refractivity contribution in [3.05, 3.63) is 29.3 Å². The molecular weight excluding hydrogens is 276 g/mol. The van der Waals surface area contributed by atoms with Crippen LogP contribution in [0.4, 0.5) is 0 Å². The molecule has 0 bridgehead atoms. The molecular formula is C15H23ClN2O2. The molecule has 0 heterocycles. The van der Waals surface area contributed by atoms with Gasteiger partial charge in [-0.15, -0.1) is 12.4 Å². The van der Waals surface area contributed by atoms with Crippen molar-refractivity contribution in [2.24, 2.45) is 11.7 Å². The van der Waals surface area contributed by atoms with Crippen molar-refractivity contribution >= 4 is 18.3 Å². The standard InChI is InChI=1S/C15H22N2O2.ClH/c1-10-4-3-5-11(2)15(10)19-9-14(18)17-8-13(16)12-6-7-12;/h3-5,12-13H,6-9,16H2,1-2H3,(H,17,18);1H. The van der Waals surface area contributed by atoms with E-state index in [1.165, 1.54) is 12.8 Å². The van der Waals surface area contributed by atoms with E-state index in [1.807, 2.05) is 32.0 Å². The number of aryl methyl sites for hydroxylation is 2. The third kappa shape index (κ3) is 4.69. The van der Waals surface area contributed by atoms with Gasteiger partial charge in [0, 0.05) is 12.6 Å². The fourth-order valence-electron chi connectivity index (χ4n) is 2.14. The molecule has 3 N–H and O–H groups in total. The number of nitrogens with one attached hydrogen (secondary N) is 1. The first-order chi connectivity index (χ1) is 9.08. The van der Waals surface area contributed by atoms with Crippen LogP contribution in [-0.2, 0) is 4.79 Å². The first-order valence-corrected chi connectivity index (χ1v) is 6.79. The Morgan fingerprint density at radius 3 is 2.55 bits per heavy atom. The van der Waals surface area contributed by atoms with Crippen molar-refractivity contribution in [2.75, 3.05) is 13.2 Å². The van der Waals surface area contributed by atoms with Crippen LogP contribution in [0.2, 0.25) is 0 Å². The largest absolute Gasteiger partial charge is 0.483 e. The Kier molecular flexibility index (Phi) is 6.30. The predicted octanol–water partition coefficient (Wildman–Crippen LogP) is 1.96. The summed E-state index contributed by atoms with van der Waals surface area (Å²) < 4.78 is 5.58. The van der Waals surface area contributed by atoms with Gasteiger partial charge in [-0.05, 0) is 43.7 Å². The molecule has 0 spiro atoms. The van der Waals surface area contributed by atoms with Gasteiger partial charge in [-0.25, -0.2) is 0 Å². The second-order valence-electron chi connectivity index (χ2n) is 5.31. The van der Waals surface area contributed by atoms with Crippen LogP contribution in [0, 0.1) is 19.8 Å². The van der Waals surface area contributed by atoms with E-state index in [2.05, 4.69) is 5.32 Å². The molecule has 1 fully saturated rings. The highest BCUT2D eigenvalue weighted by Gasteiger charge is 2.28. The Hall–Kier alpha value is -1.26. The summed E-state index contributed by atoms with van der Waals surface area (Å²) in [6, 6.07) is 6.02. The Morgan fingerprint density at radius 2 is 2.00 bits per heavy atom. The average Bonchev–Trinajstić information content (AvgIpc) is 3.19. The van der Waals surface area contributed by atoms with Crippen LogP contribution in [0.3, 0.4) is 0 Å². The smallest absolute Gasteiger partial charge is 0.257 e. The molecule has 1 aromatic rings. The number of benzene rings is 1. The number of hydrogen-bond acceptors (Lipinski definition) is 3. The fraction of sp³-hybridized carbons (Fsp3) is 0.533. The van der Waals surface area contributed by atoms with Crippen molar-refractivity contribution in [2.45, 2.75) is 32.7 Å². The van der Waals surface area contributed by atoms with Crippen LogP contribution in [0.15, 0.2) is 18.2 Å². The Morgan fingerprint density at radius 1 is 1.40 bits per heavy atom. The van der Waals surface area contributed by atoms with Crippen molar-refractivity contribution < 1.29 is 9.53 Å². The number of amides is 1. The van der Waals surface area contributed by atoms with Gasteiger partial charge in [-0.1, -0.05) is 18.2 Å². The molecule has 1 aliphatic carbocycles. The highest BCUT2D eigenvalue weighted by atomic mass is 35.5. The van der Waals surface area contributed by atoms with Gasteiger partial charge >= 0.3 is 0 Å². The summed E-state index contributed by atoms with van der Waals surface area (Å²) in [5.74, 6) is 1.28. The second kappa shape index (κ2) is 7.50. The third-order valence-corrected chi connectivity index (χ3v) is 3.52. The van der Waals surface area contributed by atoms with Crippen molar-refractivity contribution in [1.29, 1.82) is 0 Å². The summed E-state index contributed by atoms with van der Waals surface area (Å²) in [7, 11) is 0. The molecule has 4 nitrogen and oxygen atoms in total. The van der Waals surface area contributed by atoms with Crippen LogP contribution in [0.5, 0.6) is 5.75 Å². The molecule has 1 aliphatic rings. The minimum atomic E-state index is -0.112. The summed E-state index contributed by atoms with van der Waals surface area (Å²) in [6.07, 6.45) is 2.38. The van der Waals surface area contributed by atoms with Gasteiger partial charge in [0.2, 0.25) is 0 Å². The van der Waals surface area contributed by atoms with Gasteiger partial charge in [0.25, 0.3) is 5.91 Å². The van der Waals surface area contributed by atoms with Crippen LogP contribution in [0.1, 0.15) is 24.0 Å². The van der Waals surface area contributed by atoms with E-state index >= 15 is 0 Å². The summed E-state index contributed by atoms with van der Waals surface area (Å²) in [4.78, 5) is 11.7. The van der Waals surface area contributed by atoms with Crippen molar-refractivity contribution in [3.8, 4) is 5.75 Å². The van der Waals surface area contributed by atoms with Gasteiger partial charge in [0.1, 0.15) is 5.75 Å². The van der Waals surface area contributed by atoms with Crippen molar-refractivity contribution in [1.82, 2.24) is 5.32 Å². The summed E-state index contributed by atoms with van der Waals surface area (Å²) in [6.45, 7) is 4.54. The van der Waals surface area contributed by atoms with E-state index in [4.69, 9.17) is 10.5 Å². The van der Waals surface area contributed by atoms with E-state index < -0.39 is 0 Å². The van der Waals surface area contributed by atoms with E-state index in [9.17, 15) is 4.79 Å². The first kappa shape index (κ1) is 16.8. The van der Waals surface area contributed by atoms with Crippen LogP contribution < -0.4 is 15.8 Å². The Bertz CT molecular complexity index is 441. The molecule has 1 aromatic carbocycles. The predicted molar refractivity (Wildman–Crippen MR) is 82.4 cm³/mol. The zero-order chi connectivity index (χ0) is 13.8. The first-order valence-electron chi connectivity index (χ1n) is 6.79. The number of carbonyl (C=O) groups is 1. The maximum absolute atomic E-state index is 11.7. The molecule has 0 aliphatic heterocycles. The zero-order valence-corrected chi connectivity index (χ0v) is 12.8. The van der Waals surface area contributed by atoms with Gasteiger partial charge in [-0.2, -0.15) is 0 Å². The molecule has 1 amide bonds. The second-order valence-corrected chi connectivity index (χ2v) is 5.31. The van der Waals surface area contributed by atoms with Crippen LogP contribution in [-0.4, -0.2) is 25.1 Å². The maximum atomic E-state index is 11.7. The highest BCUT2D eigenvalue weighted by molar-refractivity contribution is 5.85. The van der Waals surface area contributed by atoms with Gasteiger partial charge in [-0.3, -0.25) is 4.79 Å². The van der Waals surface area contributed by atoms with Crippen LogP contribution in [0.25, 0.3) is 0 Å². The third-order valence-electron chi connectivity index (χ3n) is 3.52. The van der Waals surface area contributed by atoms with E-state index in [1.54, 1.807) is 0 Å². The van der Waals surface area contributed by atoms with E-state index in [-0.39, 0.29) is 31.0 Å². The SMILES string of the molecule is Cc1cccc(C)c1OCC(=O)NCC(N)C1CC1.Cl. The minimum absolute atomic E-state index is 0. The molecule has 1 saturated carbocycles. The van der Waals surface area contributed by atoms with E-state index in [0.717, 1.165) is 16.9 Å². The maximum Gasteiger partial charge on any atom is 0.257 e. The molecule has 0 aromatic heterocycles. The lowest BCUT2D eigenvalue weighted by molar-refractivity contribution is -0.123. The molecule has 20 heavy (non-hydrogen) atoms. The average molecular weight is 299 g/mol. The highest BCUT2D eigenvalue weighted by Crippen LogP contribution is 2.31. The molecule has 1 atom stereocenters. The molecule has 2 rings (SSSR count). The minimum Gasteiger partial charge on any atom is -0.483 e. The summed E-state index contributed by atoms with van der Waals surface area (Å²) >= 11 is 0. The zero-order valence-electron chi connectivity index (χ0n) is 12.0. The number of ether oxygens (including phenoxy) is 1. The van der Waals surface area contributed by atoms with Gasteiger partial charge in [0.15, 0.2) is 6.61 Å². The number of carbonyl (C=O) groups excluding carboxylic acids is 1. The van der Waals surface area contributed by atoms with E-state index in [0.29, 0.717) is 12.5 Å². The number of halogens is 1. The van der Waals surface area contributed by atoms with Gasteiger partial charge in [0.05, 0.1) is 0 Å². The molecule has 0 saturated heterocycles. The number of hydrogen-bond donors (Lipinski definition) is 2. The van der Waals surface area contributed by atoms with Gasteiger partial charge < -0.3 is 15.8 Å². The monoisotopic (exact) mass is 298 g/mol. The number of para-hydroxylation sites is 1. The van der Waals surface area contributed by atoms with Crippen LogP contribution >= 0.6 is 12.4 Å². The topological polar surface area (TPSA) is 64.3 Å². The number of rotatable bonds is 6. The lowest BCUT2D eigenvalue weighted by Crippen LogP contribution is -2.40. The lowest BCUT2D eigenvalue weighted by atomic mass is 10.1. The Labute approximate surface area is 126 Å². The molecule has 1 unspecified atom stereocenters. The molecule has 0 radical (unpaired) electrons. The molecule has 5 heteroatoms. The lowest BCUT2D eigenvalue weighted by Gasteiger charge is -2.14. The molecule has 112 valence electrons.